The van der Waals surface area contributed by atoms with Crippen LogP contribution in [0, 0.1) is 30.4 Å². The maximum absolute atomic E-state index is 14.0. The summed E-state index contributed by atoms with van der Waals surface area (Å²) in [6.07, 6.45) is 8.80. The fraction of sp³-hybridized carbons (Fsp3) is 0.444. The molecule has 2 unspecified atom stereocenters. The molecule has 0 radical (unpaired) electrons. The van der Waals surface area contributed by atoms with Crippen LogP contribution < -0.4 is 16.0 Å². The van der Waals surface area contributed by atoms with Crippen LogP contribution in [0.2, 0.25) is 0 Å². The summed E-state index contributed by atoms with van der Waals surface area (Å²) in [5.41, 5.74) is 16.4. The number of anilines is 2. The summed E-state index contributed by atoms with van der Waals surface area (Å²) < 4.78 is 30.2. The molecule has 0 aliphatic carbocycles. The van der Waals surface area contributed by atoms with E-state index in [1.165, 1.54) is 17.7 Å². The topological polar surface area (TPSA) is 90.8 Å². The van der Waals surface area contributed by atoms with Gasteiger partial charge in [-0.1, -0.05) is 32.6 Å². The number of nitrogens with one attached hydrogen (secondary N) is 1. The van der Waals surface area contributed by atoms with E-state index in [1.54, 1.807) is 6.20 Å². The number of halogens is 2. The van der Waals surface area contributed by atoms with E-state index in [9.17, 15) is 8.78 Å². The van der Waals surface area contributed by atoms with Crippen molar-refractivity contribution in [3.8, 4) is 0 Å². The monoisotopic (exact) mass is 761 g/mol. The molecule has 0 amide bonds. The minimum atomic E-state index is -0.539. The maximum atomic E-state index is 14.0. The molecule has 0 saturated carbocycles. The lowest BCUT2D eigenvalue weighted by Gasteiger charge is -2.41. The van der Waals surface area contributed by atoms with Crippen LogP contribution in [0.5, 0.6) is 0 Å². The number of nitrogens with two attached hydrogens (primary N) is 1. The molecule has 11 heteroatoms. The second-order valence-electron chi connectivity index (χ2n) is 16.2. The molecular formula is C45H57F2N9. The van der Waals surface area contributed by atoms with Crippen LogP contribution in [0.3, 0.4) is 0 Å². The van der Waals surface area contributed by atoms with Gasteiger partial charge in [0.25, 0.3) is 0 Å². The first kappa shape index (κ1) is 39.2. The third kappa shape index (κ3) is 8.68. The Morgan fingerprint density at radius 1 is 1.00 bits per heavy atom. The van der Waals surface area contributed by atoms with Crippen LogP contribution in [-0.4, -0.2) is 76.4 Å². The van der Waals surface area contributed by atoms with E-state index in [-0.39, 0.29) is 5.92 Å². The lowest BCUT2D eigenvalue weighted by Crippen LogP contribution is -2.46. The minimum Gasteiger partial charge on any atom is -0.404 e. The van der Waals surface area contributed by atoms with Crippen molar-refractivity contribution < 1.29 is 8.78 Å². The van der Waals surface area contributed by atoms with Crippen molar-refractivity contribution in [3.05, 3.63) is 108 Å². The van der Waals surface area contributed by atoms with Gasteiger partial charge in [0.2, 0.25) is 5.95 Å². The molecule has 3 N–H and O–H groups in total. The predicted molar refractivity (Wildman–Crippen MR) is 226 cm³/mol. The van der Waals surface area contributed by atoms with Crippen LogP contribution in [0.15, 0.2) is 78.6 Å². The lowest BCUT2D eigenvalue weighted by atomic mass is 9.97. The zero-order valence-corrected chi connectivity index (χ0v) is 33.5. The van der Waals surface area contributed by atoms with E-state index in [0.717, 1.165) is 147 Å². The molecule has 9 nitrogen and oxygen atoms in total. The van der Waals surface area contributed by atoms with Gasteiger partial charge in [0.1, 0.15) is 11.6 Å². The van der Waals surface area contributed by atoms with E-state index in [0.29, 0.717) is 17.6 Å². The zero-order valence-electron chi connectivity index (χ0n) is 33.5. The number of imidazole rings is 1. The summed E-state index contributed by atoms with van der Waals surface area (Å²) in [7, 11) is 4.06. The quantitative estimate of drug-likeness (QED) is 0.203. The van der Waals surface area contributed by atoms with Crippen LogP contribution in [0.1, 0.15) is 74.4 Å². The minimum absolute atomic E-state index is 0.258. The third-order valence-corrected chi connectivity index (χ3v) is 12.0. The molecule has 2 bridgehead atoms. The Balaban J connectivity index is 1.07. The first-order valence-electron chi connectivity index (χ1n) is 20.2. The molecule has 296 valence electrons. The number of pyridine rings is 1. The SMILES string of the molecule is C=C1Nc2nc3ccc(CN(C)C4CCCN(C(=C)C5CCN(c6cc(F)cc(F)c6)C5)C4)cc3n2C[C@H](C)CCCCC(=NC)C(=CN)c2cc1cc(C)n2. The standard InChI is InChI=1S/C45H57F2N9/c1-29-10-7-8-12-41(49-5)40(24-48)43-20-35(18-30(2)50-43)31(3)51-45-52-42-14-13-33(19-44(42)56(45)25-29)26-53(6)38-11-9-16-54(28-38)32(4)34-15-17-55(27-34)39-22-36(46)21-37(47)23-39/h13-14,18-24,29,34,38H,3-4,7-12,15-17,25-28,48H2,1-2,5-6H3,(H,51,52)/t29-,34?,38?/m1/s1. The number of benzene rings is 2. The van der Waals surface area contributed by atoms with Crippen LogP contribution >= 0.6 is 0 Å². The number of likely N-dealkylation sites (N-methyl/N-ethyl adjacent to an activating group) is 1. The average Bonchev–Trinajstić information content (AvgIpc) is 3.80. The van der Waals surface area contributed by atoms with Crippen molar-refractivity contribution in [2.75, 3.05) is 50.5 Å². The van der Waals surface area contributed by atoms with E-state index in [1.807, 2.05) is 26.1 Å². The molecule has 0 spiro atoms. The summed E-state index contributed by atoms with van der Waals surface area (Å²) in [5, 5.41) is 3.59. The Bertz CT molecular complexity index is 2130. The Hall–Kier alpha value is -5.03. The Kier molecular flexibility index (Phi) is 11.9. The predicted octanol–water partition coefficient (Wildman–Crippen LogP) is 8.62. The smallest absolute Gasteiger partial charge is 0.208 e. The van der Waals surface area contributed by atoms with E-state index in [2.05, 4.69) is 74.9 Å². The summed E-state index contributed by atoms with van der Waals surface area (Å²) in [5.74, 6) is 0.393. The number of hydrogen-bond donors (Lipinski definition) is 2. The number of aryl methyl sites for hydroxylation is 1. The first-order chi connectivity index (χ1) is 27.0. The number of fused-ring (bicyclic) bond motifs is 5. The Labute approximate surface area is 330 Å². The van der Waals surface area contributed by atoms with E-state index < -0.39 is 11.6 Å². The van der Waals surface area contributed by atoms with E-state index >= 15 is 0 Å². The normalized spacial score (nSPS) is 22.7. The molecule has 4 aromatic rings. The molecule has 5 heterocycles. The van der Waals surface area contributed by atoms with Gasteiger partial charge < -0.3 is 25.4 Å². The van der Waals surface area contributed by atoms with Crippen molar-refractivity contribution >= 4 is 39.7 Å². The summed E-state index contributed by atoms with van der Waals surface area (Å²) >= 11 is 0. The summed E-state index contributed by atoms with van der Waals surface area (Å²) in [6.45, 7) is 18.4. The zero-order chi connectivity index (χ0) is 39.5. The molecular weight excluding hydrogens is 705 g/mol. The number of likely N-dealkylation sites (tertiary alicyclic amines) is 1. The van der Waals surface area contributed by atoms with Gasteiger partial charge in [0.05, 0.1) is 16.7 Å². The molecule has 3 aliphatic heterocycles. The van der Waals surface area contributed by atoms with Crippen LogP contribution in [-0.2, 0) is 13.1 Å². The van der Waals surface area contributed by atoms with Crippen molar-refractivity contribution in [1.29, 1.82) is 0 Å². The van der Waals surface area contributed by atoms with Gasteiger partial charge in [-0.05, 0) is 100 Å². The average molecular weight is 762 g/mol. The van der Waals surface area contributed by atoms with Gasteiger partial charge >= 0.3 is 0 Å². The highest BCUT2D eigenvalue weighted by Crippen LogP contribution is 2.33. The first-order valence-corrected chi connectivity index (χ1v) is 20.2. The maximum Gasteiger partial charge on any atom is 0.208 e. The highest BCUT2D eigenvalue weighted by molar-refractivity contribution is 6.23. The number of aromatic nitrogens is 3. The molecule has 2 aromatic heterocycles. The molecule has 2 saturated heterocycles. The number of piperidine rings is 1. The van der Waals surface area contributed by atoms with Gasteiger partial charge in [-0.3, -0.25) is 14.9 Å². The second kappa shape index (κ2) is 17.0. The largest absolute Gasteiger partial charge is 0.404 e. The molecule has 56 heavy (non-hydrogen) atoms. The van der Waals surface area contributed by atoms with Crippen molar-refractivity contribution in [2.24, 2.45) is 22.6 Å². The Morgan fingerprint density at radius 2 is 1.80 bits per heavy atom. The van der Waals surface area contributed by atoms with Crippen molar-refractivity contribution in [3.63, 3.8) is 0 Å². The highest BCUT2D eigenvalue weighted by Gasteiger charge is 2.31. The van der Waals surface area contributed by atoms with Crippen LogP contribution in [0.25, 0.3) is 22.3 Å². The van der Waals surface area contributed by atoms with Gasteiger partial charge in [-0.15, -0.1) is 0 Å². The lowest BCUT2D eigenvalue weighted by molar-refractivity contribution is 0.127. The molecule has 3 aliphatic rings. The van der Waals surface area contributed by atoms with Gasteiger partial charge in [-0.2, -0.15) is 0 Å². The summed E-state index contributed by atoms with van der Waals surface area (Å²) in [4.78, 5) is 21.6. The molecule has 2 aromatic carbocycles. The van der Waals surface area contributed by atoms with Gasteiger partial charge in [0, 0.05) is 110 Å². The fourth-order valence-corrected chi connectivity index (χ4v) is 8.86. The molecule has 7 rings (SSSR count). The van der Waals surface area contributed by atoms with Gasteiger partial charge in [0.15, 0.2) is 0 Å². The van der Waals surface area contributed by atoms with E-state index in [4.69, 9.17) is 15.7 Å². The number of allylic oxidation sites excluding steroid dienone is 1. The van der Waals surface area contributed by atoms with Crippen LogP contribution in [0.4, 0.5) is 20.4 Å². The van der Waals surface area contributed by atoms with Crippen molar-refractivity contribution in [1.82, 2.24) is 24.3 Å². The fourth-order valence-electron chi connectivity index (χ4n) is 8.86. The summed E-state index contributed by atoms with van der Waals surface area (Å²) in [6, 6.07) is 14.9. The number of aliphatic imine (C=N–C) groups is 1. The highest BCUT2D eigenvalue weighted by atomic mass is 19.1. The van der Waals surface area contributed by atoms with Crippen molar-refractivity contribution in [2.45, 2.75) is 77.9 Å². The molecule has 2 fully saturated rings. The second-order valence-corrected chi connectivity index (χ2v) is 16.2. The third-order valence-electron chi connectivity index (χ3n) is 12.0. The Morgan fingerprint density at radius 3 is 2.57 bits per heavy atom. The number of hydrogen-bond acceptors (Lipinski definition) is 8. The number of nitrogens with zero attached hydrogens (tertiary/aromatic N) is 7. The van der Waals surface area contributed by atoms with Gasteiger partial charge in [-0.25, -0.2) is 13.8 Å². The molecule has 3 atom stereocenters. The number of rotatable bonds is 6.